The first-order valence-corrected chi connectivity index (χ1v) is 10.8. The van der Waals surface area contributed by atoms with E-state index in [1.165, 1.54) is 17.0 Å². The number of benzene rings is 1. The lowest BCUT2D eigenvalue weighted by atomic mass is 10.2. The van der Waals surface area contributed by atoms with Crippen LogP contribution in [0.25, 0.3) is 0 Å². The molecule has 1 saturated heterocycles. The third-order valence-electron chi connectivity index (χ3n) is 4.86. The Labute approximate surface area is 182 Å². The quantitative estimate of drug-likeness (QED) is 0.659. The van der Waals surface area contributed by atoms with Gasteiger partial charge in [0.25, 0.3) is 0 Å². The molecule has 0 atom stereocenters. The van der Waals surface area contributed by atoms with Gasteiger partial charge in [-0.1, -0.05) is 6.07 Å². The number of nitrogens with one attached hydrogen (secondary N) is 1. The van der Waals surface area contributed by atoms with E-state index in [4.69, 9.17) is 0 Å². The lowest BCUT2D eigenvalue weighted by Gasteiger charge is -2.34. The molecule has 3 rings (SSSR count). The molecule has 10 heteroatoms. The maximum atomic E-state index is 12.4. The molecule has 0 aliphatic carbocycles. The molecular weight excluding hydrogens is 431 g/mol. The van der Waals surface area contributed by atoms with E-state index in [-0.39, 0.29) is 24.1 Å². The third kappa shape index (κ3) is 7.87. The minimum Gasteiger partial charge on any atom is -0.406 e. The molecule has 0 spiro atoms. The first-order chi connectivity index (χ1) is 14.8. The van der Waals surface area contributed by atoms with Gasteiger partial charge in [-0.2, -0.15) is 0 Å². The van der Waals surface area contributed by atoms with Crippen molar-refractivity contribution in [3.05, 3.63) is 46.7 Å². The summed E-state index contributed by atoms with van der Waals surface area (Å²) in [5.41, 5.74) is 0.388. The maximum Gasteiger partial charge on any atom is 0.573 e. The molecule has 0 radical (unpaired) electrons. The van der Waals surface area contributed by atoms with Crippen molar-refractivity contribution in [3.8, 4) is 5.75 Å². The van der Waals surface area contributed by atoms with Gasteiger partial charge in [0.05, 0.1) is 6.54 Å². The van der Waals surface area contributed by atoms with Gasteiger partial charge < -0.3 is 15.0 Å². The van der Waals surface area contributed by atoms with Crippen LogP contribution in [-0.2, 0) is 16.0 Å². The van der Waals surface area contributed by atoms with Crippen LogP contribution in [0.15, 0.2) is 41.8 Å². The topological polar surface area (TPSA) is 61.9 Å². The number of hydrogen-bond acceptors (Lipinski definition) is 5. The van der Waals surface area contributed by atoms with E-state index in [9.17, 15) is 22.8 Å². The van der Waals surface area contributed by atoms with Crippen LogP contribution in [0, 0.1) is 0 Å². The number of rotatable bonds is 8. The summed E-state index contributed by atoms with van der Waals surface area (Å²) < 4.78 is 40.4. The average Bonchev–Trinajstić information content (AvgIpc) is 3.22. The molecule has 1 aliphatic rings. The number of halogens is 3. The van der Waals surface area contributed by atoms with Crippen molar-refractivity contribution in [2.75, 3.05) is 38.0 Å². The fourth-order valence-corrected chi connectivity index (χ4v) is 4.08. The van der Waals surface area contributed by atoms with Crippen molar-refractivity contribution in [1.29, 1.82) is 0 Å². The van der Waals surface area contributed by atoms with E-state index in [0.29, 0.717) is 38.3 Å². The van der Waals surface area contributed by atoms with Crippen molar-refractivity contribution in [1.82, 2.24) is 9.80 Å². The molecule has 1 aromatic heterocycles. The van der Waals surface area contributed by atoms with Gasteiger partial charge in [0.2, 0.25) is 11.8 Å². The lowest BCUT2D eigenvalue weighted by Crippen LogP contribution is -2.50. The number of amides is 2. The van der Waals surface area contributed by atoms with Crippen LogP contribution in [0.2, 0.25) is 0 Å². The number of hydrogen-bond donors (Lipinski definition) is 1. The second kappa shape index (κ2) is 10.6. The number of anilines is 1. The Morgan fingerprint density at radius 2 is 1.77 bits per heavy atom. The van der Waals surface area contributed by atoms with Crippen LogP contribution < -0.4 is 10.1 Å². The van der Waals surface area contributed by atoms with E-state index in [1.807, 2.05) is 21.2 Å². The normalized spacial score (nSPS) is 15.0. The Bertz CT molecular complexity index is 849. The molecular formula is C21H24F3N3O3S. The molecule has 6 nitrogen and oxygen atoms in total. The Balaban J connectivity index is 1.35. The highest BCUT2D eigenvalue weighted by Gasteiger charge is 2.31. The van der Waals surface area contributed by atoms with Crippen molar-refractivity contribution in [3.63, 3.8) is 0 Å². The molecule has 2 aromatic rings. The number of carbonyl (C=O) groups excluding carboxylic acids is 2. The number of alkyl halides is 3. The maximum absolute atomic E-state index is 12.4. The van der Waals surface area contributed by atoms with Crippen molar-refractivity contribution < 1.29 is 27.5 Å². The zero-order valence-electron chi connectivity index (χ0n) is 16.9. The van der Waals surface area contributed by atoms with Gasteiger partial charge in [-0.15, -0.1) is 24.5 Å². The summed E-state index contributed by atoms with van der Waals surface area (Å²) >= 11 is 1.70. The van der Waals surface area contributed by atoms with E-state index in [0.717, 1.165) is 25.0 Å². The van der Waals surface area contributed by atoms with E-state index in [1.54, 1.807) is 11.3 Å². The summed E-state index contributed by atoms with van der Waals surface area (Å²) in [4.78, 5) is 29.7. The molecule has 0 saturated carbocycles. The molecule has 1 fully saturated rings. The summed E-state index contributed by atoms with van der Waals surface area (Å²) in [6.07, 6.45) is -2.49. The number of carbonyl (C=O) groups is 2. The highest BCUT2D eigenvalue weighted by atomic mass is 32.1. The molecule has 1 N–H and O–H groups in total. The van der Waals surface area contributed by atoms with Crippen molar-refractivity contribution in [2.45, 2.75) is 25.6 Å². The highest BCUT2D eigenvalue weighted by Crippen LogP contribution is 2.24. The number of piperazine rings is 1. The minimum absolute atomic E-state index is 0.141. The first kappa shape index (κ1) is 23.1. The second-order valence-corrected chi connectivity index (χ2v) is 8.24. The summed E-state index contributed by atoms with van der Waals surface area (Å²) in [6.45, 7) is 2.51. The van der Waals surface area contributed by atoms with Crippen LogP contribution in [-0.4, -0.2) is 60.7 Å². The highest BCUT2D eigenvalue weighted by molar-refractivity contribution is 7.09. The van der Waals surface area contributed by atoms with E-state index in [2.05, 4.69) is 16.1 Å². The van der Waals surface area contributed by atoms with E-state index < -0.39 is 6.36 Å². The van der Waals surface area contributed by atoms with E-state index >= 15 is 0 Å². The molecule has 0 bridgehead atoms. The van der Waals surface area contributed by atoms with Crippen molar-refractivity contribution >= 4 is 28.8 Å². The molecule has 0 unspecified atom stereocenters. The van der Waals surface area contributed by atoms with Crippen LogP contribution in [0.5, 0.6) is 5.75 Å². The second-order valence-electron chi connectivity index (χ2n) is 7.21. The number of nitrogens with zero attached hydrogens (tertiary/aromatic N) is 2. The molecule has 1 aliphatic heterocycles. The fourth-order valence-electron chi connectivity index (χ4n) is 3.33. The molecule has 2 heterocycles. The third-order valence-corrected chi connectivity index (χ3v) is 5.79. The van der Waals surface area contributed by atoms with Gasteiger partial charge in [0, 0.05) is 43.2 Å². The Morgan fingerprint density at radius 3 is 2.39 bits per heavy atom. The largest absolute Gasteiger partial charge is 0.573 e. The zero-order valence-corrected chi connectivity index (χ0v) is 17.7. The van der Waals surface area contributed by atoms with Crippen LogP contribution in [0.1, 0.15) is 17.7 Å². The monoisotopic (exact) mass is 455 g/mol. The van der Waals surface area contributed by atoms with Gasteiger partial charge in [-0.05, 0) is 48.6 Å². The van der Waals surface area contributed by atoms with Gasteiger partial charge in [0.15, 0.2) is 0 Å². The zero-order chi connectivity index (χ0) is 22.3. The minimum atomic E-state index is -4.75. The first-order valence-electron chi connectivity index (χ1n) is 9.97. The number of aryl methyl sites for hydroxylation is 1. The van der Waals surface area contributed by atoms with Crippen LogP contribution in [0.4, 0.5) is 18.9 Å². The molecule has 1 aromatic carbocycles. The number of ether oxygens (including phenoxy) is 1. The fraction of sp³-hybridized carbons (Fsp3) is 0.429. The molecule has 31 heavy (non-hydrogen) atoms. The van der Waals surface area contributed by atoms with Crippen LogP contribution >= 0.6 is 11.3 Å². The molecule has 2 amide bonds. The average molecular weight is 456 g/mol. The van der Waals surface area contributed by atoms with Gasteiger partial charge >= 0.3 is 6.36 Å². The van der Waals surface area contributed by atoms with Gasteiger partial charge in [-0.3, -0.25) is 14.5 Å². The Hall–Kier alpha value is -2.59. The molecule has 168 valence electrons. The SMILES string of the molecule is O=C(CN1CCN(C(=O)CCCc2cccs2)CC1)Nc1ccc(OC(F)(F)F)cc1. The Morgan fingerprint density at radius 1 is 1.06 bits per heavy atom. The Kier molecular flexibility index (Phi) is 7.91. The predicted octanol–water partition coefficient (Wildman–Crippen LogP) is 3.75. The van der Waals surface area contributed by atoms with Gasteiger partial charge in [0.1, 0.15) is 5.75 Å². The summed E-state index contributed by atoms with van der Waals surface area (Å²) in [6, 6.07) is 9.08. The summed E-state index contributed by atoms with van der Waals surface area (Å²) in [7, 11) is 0. The van der Waals surface area contributed by atoms with Crippen molar-refractivity contribution in [2.24, 2.45) is 0 Å². The standard InChI is InChI=1S/C21H24F3N3O3S/c22-21(23,24)30-17-8-6-16(7-9-17)25-19(28)15-26-10-12-27(13-11-26)20(29)5-1-3-18-4-2-14-31-18/h2,4,6-9,14H,1,3,5,10-13,15H2,(H,25,28). The number of thiophene rings is 1. The summed E-state index contributed by atoms with van der Waals surface area (Å²) in [5, 5.41) is 4.69. The van der Waals surface area contributed by atoms with Gasteiger partial charge in [-0.25, -0.2) is 0 Å². The summed E-state index contributed by atoms with van der Waals surface area (Å²) in [5.74, 6) is -0.469. The predicted molar refractivity (Wildman–Crippen MR) is 112 cm³/mol. The smallest absolute Gasteiger partial charge is 0.406 e. The van der Waals surface area contributed by atoms with Crippen LogP contribution in [0.3, 0.4) is 0 Å². The lowest BCUT2D eigenvalue weighted by molar-refractivity contribution is -0.274.